The highest BCUT2D eigenvalue weighted by atomic mass is 79.9. The topological polar surface area (TPSA) is 32.3 Å². The highest BCUT2D eigenvalue weighted by Gasteiger charge is 2.07. The van der Waals surface area contributed by atoms with Gasteiger partial charge in [-0.3, -0.25) is 0 Å². The van der Waals surface area contributed by atoms with E-state index in [9.17, 15) is 5.11 Å². The van der Waals surface area contributed by atoms with Gasteiger partial charge in [-0.25, -0.2) is 0 Å². The number of nitrogens with one attached hydrogen (secondary N) is 1. The summed E-state index contributed by atoms with van der Waals surface area (Å²) in [5, 5.41) is 12.7. The van der Waals surface area contributed by atoms with E-state index < -0.39 is 0 Å². The first-order valence-corrected chi connectivity index (χ1v) is 7.15. The van der Waals surface area contributed by atoms with Gasteiger partial charge >= 0.3 is 0 Å². The minimum atomic E-state index is 0.163. The lowest BCUT2D eigenvalue weighted by molar-refractivity contribution is 0.475. The Morgan fingerprint density at radius 1 is 1.06 bits per heavy atom. The number of rotatable bonds is 3. The SMILES string of the molecule is CC(Nc1cc(Br)ccc1Br)c1ccc(O)cc1. The van der Waals surface area contributed by atoms with Crippen LogP contribution in [0.5, 0.6) is 5.75 Å². The van der Waals surface area contributed by atoms with Crippen LogP contribution in [0, 0.1) is 0 Å². The lowest BCUT2D eigenvalue weighted by Crippen LogP contribution is -2.06. The van der Waals surface area contributed by atoms with Gasteiger partial charge in [-0.15, -0.1) is 0 Å². The molecule has 4 heteroatoms. The molecule has 0 saturated heterocycles. The molecule has 0 fully saturated rings. The smallest absolute Gasteiger partial charge is 0.115 e. The van der Waals surface area contributed by atoms with E-state index in [4.69, 9.17) is 0 Å². The number of benzene rings is 2. The Bertz CT molecular complexity index is 540. The largest absolute Gasteiger partial charge is 0.508 e. The highest BCUT2D eigenvalue weighted by molar-refractivity contribution is 9.11. The van der Waals surface area contributed by atoms with Crippen molar-refractivity contribution in [3.8, 4) is 5.75 Å². The van der Waals surface area contributed by atoms with Crippen LogP contribution >= 0.6 is 31.9 Å². The zero-order chi connectivity index (χ0) is 13.1. The lowest BCUT2D eigenvalue weighted by Gasteiger charge is -2.17. The quantitative estimate of drug-likeness (QED) is 0.788. The number of hydrogen-bond donors (Lipinski definition) is 2. The van der Waals surface area contributed by atoms with Gasteiger partial charge in [0.05, 0.1) is 5.69 Å². The van der Waals surface area contributed by atoms with E-state index in [-0.39, 0.29) is 11.8 Å². The predicted octanol–water partition coefficient (Wildman–Crippen LogP) is 5.09. The fourth-order valence-corrected chi connectivity index (χ4v) is 2.41. The van der Waals surface area contributed by atoms with E-state index in [0.29, 0.717) is 0 Å². The van der Waals surface area contributed by atoms with E-state index in [2.05, 4.69) is 44.1 Å². The number of halogens is 2. The summed E-state index contributed by atoms with van der Waals surface area (Å²) in [6, 6.07) is 13.4. The highest BCUT2D eigenvalue weighted by Crippen LogP contribution is 2.29. The van der Waals surface area contributed by atoms with Gasteiger partial charge in [0, 0.05) is 15.0 Å². The van der Waals surface area contributed by atoms with Crippen LogP contribution in [0.25, 0.3) is 0 Å². The molecular formula is C14H13Br2NO. The second-order valence-corrected chi connectivity index (χ2v) is 5.85. The molecule has 0 amide bonds. The van der Waals surface area contributed by atoms with Crippen LogP contribution in [0.3, 0.4) is 0 Å². The molecule has 2 nitrogen and oxygen atoms in total. The maximum atomic E-state index is 9.27. The summed E-state index contributed by atoms with van der Waals surface area (Å²) in [6.45, 7) is 2.08. The molecule has 2 aromatic carbocycles. The van der Waals surface area contributed by atoms with Crippen molar-refractivity contribution in [3.05, 3.63) is 57.0 Å². The molecule has 18 heavy (non-hydrogen) atoms. The van der Waals surface area contributed by atoms with Crippen molar-refractivity contribution >= 4 is 37.5 Å². The first kappa shape index (κ1) is 13.4. The number of phenols is 1. The van der Waals surface area contributed by atoms with Gasteiger partial charge in [0.15, 0.2) is 0 Å². The Hall–Kier alpha value is -1.00. The van der Waals surface area contributed by atoms with Gasteiger partial charge in [0.2, 0.25) is 0 Å². The summed E-state index contributed by atoms with van der Waals surface area (Å²) in [6.07, 6.45) is 0. The minimum absolute atomic E-state index is 0.163. The summed E-state index contributed by atoms with van der Waals surface area (Å²) in [5.74, 6) is 0.287. The zero-order valence-corrected chi connectivity index (χ0v) is 13.0. The van der Waals surface area contributed by atoms with Crippen molar-refractivity contribution < 1.29 is 5.11 Å². The summed E-state index contributed by atoms with van der Waals surface area (Å²) >= 11 is 6.98. The fraction of sp³-hybridized carbons (Fsp3) is 0.143. The fourth-order valence-electron chi connectivity index (χ4n) is 1.69. The Morgan fingerprint density at radius 2 is 1.72 bits per heavy atom. The number of anilines is 1. The van der Waals surface area contributed by atoms with Crippen LogP contribution in [0.2, 0.25) is 0 Å². The third-order valence-corrected chi connectivity index (χ3v) is 3.88. The van der Waals surface area contributed by atoms with Crippen molar-refractivity contribution in [3.63, 3.8) is 0 Å². The number of hydrogen-bond acceptors (Lipinski definition) is 2. The molecular weight excluding hydrogens is 358 g/mol. The maximum absolute atomic E-state index is 9.27. The van der Waals surface area contributed by atoms with Crippen LogP contribution in [0.4, 0.5) is 5.69 Å². The second-order valence-electron chi connectivity index (χ2n) is 4.08. The molecule has 0 radical (unpaired) electrons. The molecule has 0 aliphatic rings. The maximum Gasteiger partial charge on any atom is 0.115 e. The van der Waals surface area contributed by atoms with E-state index in [1.165, 1.54) is 0 Å². The third kappa shape index (κ3) is 3.27. The Labute approximate surface area is 123 Å². The molecule has 0 aromatic heterocycles. The number of aromatic hydroxyl groups is 1. The summed E-state index contributed by atoms with van der Waals surface area (Å²) < 4.78 is 2.06. The molecule has 94 valence electrons. The van der Waals surface area contributed by atoms with E-state index >= 15 is 0 Å². The van der Waals surface area contributed by atoms with Gasteiger partial charge < -0.3 is 10.4 Å². The average molecular weight is 371 g/mol. The molecule has 0 bridgehead atoms. The van der Waals surface area contributed by atoms with Crippen molar-refractivity contribution in [2.24, 2.45) is 0 Å². The summed E-state index contributed by atoms with van der Waals surface area (Å²) in [7, 11) is 0. The molecule has 1 atom stereocenters. The molecule has 2 N–H and O–H groups in total. The van der Waals surface area contributed by atoms with Crippen LogP contribution in [-0.4, -0.2) is 5.11 Å². The van der Waals surface area contributed by atoms with Gasteiger partial charge in [-0.05, 0) is 58.7 Å². The molecule has 0 saturated carbocycles. The van der Waals surface area contributed by atoms with Gasteiger partial charge in [-0.1, -0.05) is 28.1 Å². The van der Waals surface area contributed by atoms with Crippen LogP contribution < -0.4 is 5.32 Å². The molecule has 0 aliphatic heterocycles. The van der Waals surface area contributed by atoms with Gasteiger partial charge in [-0.2, -0.15) is 0 Å². The average Bonchev–Trinajstić information content (AvgIpc) is 2.34. The third-order valence-electron chi connectivity index (χ3n) is 2.69. The predicted molar refractivity (Wildman–Crippen MR) is 82.0 cm³/mol. The number of phenolic OH excluding ortho intramolecular Hbond substituents is 1. The normalized spacial score (nSPS) is 12.2. The van der Waals surface area contributed by atoms with Crippen LogP contribution in [-0.2, 0) is 0 Å². The van der Waals surface area contributed by atoms with Gasteiger partial charge in [0.25, 0.3) is 0 Å². The van der Waals surface area contributed by atoms with Gasteiger partial charge in [0.1, 0.15) is 5.75 Å². The lowest BCUT2D eigenvalue weighted by atomic mass is 10.1. The van der Waals surface area contributed by atoms with E-state index in [1.807, 2.05) is 30.3 Å². The Balaban J connectivity index is 2.18. The standard InChI is InChI=1S/C14H13Br2NO/c1-9(10-2-5-12(18)6-3-10)17-14-8-11(15)4-7-13(14)16/h2-9,17-18H,1H3. The summed E-state index contributed by atoms with van der Waals surface area (Å²) in [4.78, 5) is 0. The van der Waals surface area contributed by atoms with Crippen molar-refractivity contribution in [1.29, 1.82) is 0 Å². The Morgan fingerprint density at radius 3 is 2.39 bits per heavy atom. The monoisotopic (exact) mass is 369 g/mol. The molecule has 2 rings (SSSR count). The summed E-state index contributed by atoms with van der Waals surface area (Å²) in [5.41, 5.74) is 2.16. The van der Waals surface area contributed by atoms with Crippen molar-refractivity contribution in [2.75, 3.05) is 5.32 Å². The zero-order valence-electron chi connectivity index (χ0n) is 9.82. The first-order chi connectivity index (χ1) is 8.56. The minimum Gasteiger partial charge on any atom is -0.508 e. The van der Waals surface area contributed by atoms with Crippen LogP contribution in [0.15, 0.2) is 51.4 Å². The van der Waals surface area contributed by atoms with E-state index in [0.717, 1.165) is 20.2 Å². The second kappa shape index (κ2) is 5.76. The molecule has 0 heterocycles. The Kier molecular flexibility index (Phi) is 4.30. The molecule has 2 aromatic rings. The van der Waals surface area contributed by atoms with Crippen molar-refractivity contribution in [2.45, 2.75) is 13.0 Å². The molecule has 0 aliphatic carbocycles. The first-order valence-electron chi connectivity index (χ1n) is 5.57. The van der Waals surface area contributed by atoms with Crippen LogP contribution in [0.1, 0.15) is 18.5 Å². The van der Waals surface area contributed by atoms with Crippen molar-refractivity contribution in [1.82, 2.24) is 0 Å². The van der Waals surface area contributed by atoms with E-state index in [1.54, 1.807) is 12.1 Å². The molecule has 0 spiro atoms. The molecule has 1 unspecified atom stereocenters.